The number of fused-ring (bicyclic) bond motifs is 1. The third kappa shape index (κ3) is 4.23. The van der Waals surface area contributed by atoms with Gasteiger partial charge in [0.15, 0.2) is 11.6 Å². The lowest BCUT2D eigenvalue weighted by Gasteiger charge is -2.13. The van der Waals surface area contributed by atoms with E-state index in [9.17, 15) is 13.2 Å². The molecule has 0 amide bonds. The molecule has 0 bridgehead atoms. The van der Waals surface area contributed by atoms with E-state index in [1.165, 1.54) is 18.2 Å². The van der Waals surface area contributed by atoms with Crippen molar-refractivity contribution in [3.63, 3.8) is 0 Å². The van der Waals surface area contributed by atoms with Crippen molar-refractivity contribution in [2.45, 2.75) is 6.36 Å². The van der Waals surface area contributed by atoms with Crippen LogP contribution in [-0.4, -0.2) is 44.9 Å². The van der Waals surface area contributed by atoms with Crippen molar-refractivity contribution in [3.8, 4) is 5.75 Å². The Morgan fingerprint density at radius 1 is 1.12 bits per heavy atom. The molecule has 132 valence electrons. The van der Waals surface area contributed by atoms with Crippen LogP contribution in [0, 0.1) is 0 Å². The molecule has 0 fully saturated rings. The highest BCUT2D eigenvalue weighted by molar-refractivity contribution is 5.76. The summed E-state index contributed by atoms with van der Waals surface area (Å²) in [6.45, 7) is 0.0164. The average molecular weight is 356 g/mol. The minimum absolute atomic E-state index is 0.111. The number of nitrogens with one attached hydrogen (secondary N) is 2. The molecule has 0 aliphatic heterocycles. The van der Waals surface area contributed by atoms with E-state index in [2.05, 4.69) is 40.3 Å². The van der Waals surface area contributed by atoms with Crippen LogP contribution in [0.3, 0.4) is 0 Å². The van der Waals surface area contributed by atoms with Gasteiger partial charge in [-0.3, -0.25) is 0 Å². The minimum atomic E-state index is -4.79. The summed E-state index contributed by atoms with van der Waals surface area (Å²) in [5, 5.41) is 21.7. The van der Waals surface area contributed by atoms with Gasteiger partial charge < -0.3 is 20.5 Å². The van der Waals surface area contributed by atoms with Gasteiger partial charge in [0, 0.05) is 18.3 Å². The zero-order valence-corrected chi connectivity index (χ0v) is 12.4. The number of rotatable bonds is 6. The fourth-order valence-electron chi connectivity index (χ4n) is 1.93. The Bertz CT molecular complexity index is 870. The Balaban J connectivity index is 1.89. The maximum absolute atomic E-state index is 12.3. The molecule has 3 aromatic rings. The Morgan fingerprint density at radius 2 is 1.84 bits per heavy atom. The van der Waals surface area contributed by atoms with E-state index in [0.717, 1.165) is 6.07 Å². The summed E-state index contributed by atoms with van der Waals surface area (Å²) in [5.41, 5.74) is 0.527. The van der Waals surface area contributed by atoms with Crippen LogP contribution in [-0.2, 0) is 0 Å². The molecule has 0 spiro atoms. The first-order chi connectivity index (χ1) is 11.9. The van der Waals surface area contributed by atoms with Crippen molar-refractivity contribution in [1.82, 2.24) is 20.3 Å². The molecule has 3 rings (SSSR count). The molecule has 3 N–H and O–H groups in total. The van der Waals surface area contributed by atoms with E-state index in [4.69, 9.17) is 5.11 Å². The number of aromatic nitrogens is 4. The second kappa shape index (κ2) is 6.76. The standard InChI is InChI=1S/C13H11F3N6O3/c14-13(15,16)24-8-3-1-2-7(6-8)18-10-9(17-4-5-23)19-11-12(20-10)22-25-21-11/h1-3,6,23H,4-5H2,(H,17,19,21)(H,18,20,22). The maximum atomic E-state index is 12.3. The molecular formula is C13H11F3N6O3. The first-order valence-electron chi connectivity index (χ1n) is 6.92. The number of hydrogen-bond donors (Lipinski definition) is 3. The molecule has 2 aromatic heterocycles. The molecule has 9 nitrogen and oxygen atoms in total. The number of aliphatic hydroxyl groups is 1. The van der Waals surface area contributed by atoms with Gasteiger partial charge in [-0.2, -0.15) is 0 Å². The number of alkyl halides is 3. The van der Waals surface area contributed by atoms with Crippen molar-refractivity contribution >= 4 is 28.6 Å². The first-order valence-corrected chi connectivity index (χ1v) is 6.92. The summed E-state index contributed by atoms with van der Waals surface area (Å²) in [5.74, 6) is -0.000270. The van der Waals surface area contributed by atoms with Crippen LogP contribution < -0.4 is 15.4 Å². The molecule has 0 aliphatic carbocycles. The summed E-state index contributed by atoms with van der Waals surface area (Å²) in [6.07, 6.45) is -4.79. The zero-order valence-electron chi connectivity index (χ0n) is 12.4. The predicted molar refractivity (Wildman–Crippen MR) is 79.4 cm³/mol. The lowest BCUT2D eigenvalue weighted by molar-refractivity contribution is -0.274. The Morgan fingerprint density at radius 3 is 2.52 bits per heavy atom. The third-order valence-electron chi connectivity index (χ3n) is 2.85. The number of halogens is 3. The van der Waals surface area contributed by atoms with Gasteiger partial charge >= 0.3 is 6.36 Å². The normalized spacial score (nSPS) is 11.5. The van der Waals surface area contributed by atoms with Gasteiger partial charge in [-0.15, -0.1) is 13.2 Å². The van der Waals surface area contributed by atoms with E-state index in [-0.39, 0.29) is 47.5 Å². The fraction of sp³-hybridized carbons (Fsp3) is 0.231. The van der Waals surface area contributed by atoms with Crippen LogP contribution in [0.1, 0.15) is 0 Å². The van der Waals surface area contributed by atoms with Crippen molar-refractivity contribution in [2.24, 2.45) is 0 Å². The summed E-state index contributed by atoms with van der Waals surface area (Å²) >= 11 is 0. The molecule has 0 saturated carbocycles. The number of hydrogen-bond acceptors (Lipinski definition) is 9. The highest BCUT2D eigenvalue weighted by atomic mass is 19.4. The fourth-order valence-corrected chi connectivity index (χ4v) is 1.93. The van der Waals surface area contributed by atoms with Crippen LogP contribution >= 0.6 is 0 Å². The molecule has 0 unspecified atom stereocenters. The predicted octanol–water partition coefficient (Wildman–Crippen LogP) is 2.06. The maximum Gasteiger partial charge on any atom is 0.573 e. The van der Waals surface area contributed by atoms with Crippen LogP contribution in [0.15, 0.2) is 28.9 Å². The molecule has 0 atom stereocenters. The number of anilines is 3. The Kier molecular flexibility index (Phi) is 4.52. The smallest absolute Gasteiger partial charge is 0.406 e. The Hall–Kier alpha value is -3.15. The highest BCUT2D eigenvalue weighted by Gasteiger charge is 2.31. The van der Waals surface area contributed by atoms with Gasteiger partial charge in [-0.25, -0.2) is 14.6 Å². The monoisotopic (exact) mass is 356 g/mol. The second-order valence-corrected chi connectivity index (χ2v) is 4.68. The SMILES string of the molecule is OCCNc1nc2nonc2nc1Nc1cccc(OC(F)(F)F)c1. The van der Waals surface area contributed by atoms with E-state index < -0.39 is 6.36 Å². The Labute approximate surface area is 137 Å². The quantitative estimate of drug-likeness (QED) is 0.610. The highest BCUT2D eigenvalue weighted by Crippen LogP contribution is 2.28. The van der Waals surface area contributed by atoms with E-state index in [1.54, 1.807) is 0 Å². The summed E-state index contributed by atoms with van der Waals surface area (Å²) in [6, 6.07) is 5.22. The molecule has 0 saturated heterocycles. The second-order valence-electron chi connectivity index (χ2n) is 4.68. The van der Waals surface area contributed by atoms with Crippen molar-refractivity contribution in [3.05, 3.63) is 24.3 Å². The molecule has 0 aliphatic rings. The van der Waals surface area contributed by atoms with Crippen molar-refractivity contribution in [2.75, 3.05) is 23.8 Å². The van der Waals surface area contributed by atoms with Crippen LogP contribution in [0.4, 0.5) is 30.5 Å². The minimum Gasteiger partial charge on any atom is -0.406 e. The number of aliphatic hydroxyl groups excluding tert-OH is 1. The topological polar surface area (TPSA) is 118 Å². The third-order valence-corrected chi connectivity index (χ3v) is 2.85. The zero-order chi connectivity index (χ0) is 17.9. The molecule has 25 heavy (non-hydrogen) atoms. The van der Waals surface area contributed by atoms with Gasteiger partial charge in [0.05, 0.1) is 6.61 Å². The lowest BCUT2D eigenvalue weighted by Crippen LogP contribution is -2.17. The molecule has 12 heteroatoms. The summed E-state index contributed by atoms with van der Waals surface area (Å²) < 4.78 is 45.4. The van der Waals surface area contributed by atoms with Crippen LogP contribution in [0.25, 0.3) is 11.3 Å². The first kappa shape index (κ1) is 16.7. The van der Waals surface area contributed by atoms with Gasteiger partial charge in [0.2, 0.25) is 11.3 Å². The van der Waals surface area contributed by atoms with E-state index in [0.29, 0.717) is 0 Å². The summed E-state index contributed by atoms with van der Waals surface area (Å²) in [4.78, 5) is 8.26. The summed E-state index contributed by atoms with van der Waals surface area (Å²) in [7, 11) is 0. The molecular weight excluding hydrogens is 345 g/mol. The average Bonchev–Trinajstić information content (AvgIpc) is 2.98. The van der Waals surface area contributed by atoms with E-state index >= 15 is 0 Å². The van der Waals surface area contributed by atoms with Crippen molar-refractivity contribution in [1.29, 1.82) is 0 Å². The van der Waals surface area contributed by atoms with Crippen LogP contribution in [0.2, 0.25) is 0 Å². The van der Waals surface area contributed by atoms with Gasteiger partial charge in [-0.05, 0) is 22.4 Å². The molecule has 1 aromatic carbocycles. The lowest BCUT2D eigenvalue weighted by atomic mass is 10.3. The molecule has 0 radical (unpaired) electrons. The molecule has 2 heterocycles. The number of nitrogens with zero attached hydrogens (tertiary/aromatic N) is 4. The van der Waals surface area contributed by atoms with Crippen molar-refractivity contribution < 1.29 is 27.6 Å². The van der Waals surface area contributed by atoms with Gasteiger partial charge in [-0.1, -0.05) is 6.07 Å². The number of benzene rings is 1. The largest absolute Gasteiger partial charge is 0.573 e. The van der Waals surface area contributed by atoms with Gasteiger partial charge in [0.25, 0.3) is 0 Å². The van der Waals surface area contributed by atoms with Crippen LogP contribution in [0.5, 0.6) is 5.75 Å². The van der Waals surface area contributed by atoms with E-state index in [1.807, 2.05) is 0 Å². The van der Waals surface area contributed by atoms with Gasteiger partial charge in [0.1, 0.15) is 5.75 Å². The number of ether oxygens (including phenoxy) is 1.